The number of ketones is 1. The molecule has 0 bridgehead atoms. The number of likely N-dealkylation sites (tertiary alicyclic amines) is 1. The maximum Gasteiger partial charge on any atom is 0.295 e. The van der Waals surface area contributed by atoms with E-state index in [-0.39, 0.29) is 16.7 Å². The van der Waals surface area contributed by atoms with Crippen molar-refractivity contribution in [2.24, 2.45) is 0 Å². The van der Waals surface area contributed by atoms with Crippen LogP contribution in [0, 0.1) is 0 Å². The fourth-order valence-electron chi connectivity index (χ4n) is 4.51. The number of benzene rings is 2. The molecule has 0 aliphatic carbocycles. The number of likely N-dealkylation sites (N-methyl/N-ethyl adjacent to an activating group) is 1. The van der Waals surface area contributed by atoms with Gasteiger partial charge in [-0.05, 0) is 68.8 Å². The zero-order valence-corrected chi connectivity index (χ0v) is 23.8. The molecule has 206 valence electrons. The van der Waals surface area contributed by atoms with Crippen molar-refractivity contribution in [2.75, 3.05) is 47.5 Å². The first-order valence-corrected chi connectivity index (χ1v) is 13.0. The van der Waals surface area contributed by atoms with Crippen LogP contribution in [-0.4, -0.2) is 74.1 Å². The molecule has 1 N–H and O–H groups in total. The molecule has 1 unspecified atom stereocenters. The topological polar surface area (TPSA) is 88.5 Å². The van der Waals surface area contributed by atoms with Crippen molar-refractivity contribution >= 4 is 17.4 Å². The van der Waals surface area contributed by atoms with Crippen molar-refractivity contribution in [2.45, 2.75) is 46.1 Å². The zero-order chi connectivity index (χ0) is 28.2. The van der Waals surface area contributed by atoms with E-state index in [2.05, 4.69) is 20.8 Å². The van der Waals surface area contributed by atoms with Gasteiger partial charge in [0.05, 0.1) is 37.5 Å². The van der Waals surface area contributed by atoms with Crippen LogP contribution < -0.4 is 14.2 Å². The first-order valence-electron chi connectivity index (χ1n) is 13.0. The number of nitrogens with zero attached hydrogens (tertiary/aromatic N) is 2. The average Bonchev–Trinajstić information content (AvgIpc) is 3.12. The molecule has 1 atom stereocenters. The SMILES string of the molecule is CCOc1ccc(C2/C(=C(\O)c3cc(C(C)(C)C)ccc3OC)C(=O)C(=O)N2CCN(C)C)cc1OCC. The Morgan fingerprint density at radius 3 is 2.18 bits per heavy atom. The van der Waals surface area contributed by atoms with Crippen LogP contribution >= 0.6 is 0 Å². The van der Waals surface area contributed by atoms with Gasteiger partial charge in [0.2, 0.25) is 0 Å². The molecule has 1 heterocycles. The number of amides is 1. The van der Waals surface area contributed by atoms with Crippen LogP contribution in [0.1, 0.15) is 57.4 Å². The van der Waals surface area contributed by atoms with Crippen LogP contribution in [0.15, 0.2) is 42.0 Å². The van der Waals surface area contributed by atoms with Gasteiger partial charge in [-0.2, -0.15) is 0 Å². The Morgan fingerprint density at radius 1 is 0.974 bits per heavy atom. The summed E-state index contributed by atoms with van der Waals surface area (Å²) in [4.78, 5) is 30.3. The molecule has 1 aliphatic heterocycles. The number of hydrogen-bond acceptors (Lipinski definition) is 7. The lowest BCUT2D eigenvalue weighted by Gasteiger charge is -2.27. The number of methoxy groups -OCH3 is 1. The lowest BCUT2D eigenvalue weighted by Crippen LogP contribution is -2.35. The van der Waals surface area contributed by atoms with E-state index in [9.17, 15) is 14.7 Å². The van der Waals surface area contributed by atoms with Crippen molar-refractivity contribution < 1.29 is 28.9 Å². The standard InChI is InChI=1S/C30H40N2O6/c1-9-37-23-13-11-19(17-24(23)38-10-2)26-25(28(34)29(35)32(26)16-15-31(6)7)27(33)21-18-20(30(3,4)5)12-14-22(21)36-8/h11-14,17-18,26,33H,9-10,15-16H2,1-8H3/b27-25+. The predicted octanol–water partition coefficient (Wildman–Crippen LogP) is 4.77. The molecule has 1 aliphatic rings. The molecule has 1 saturated heterocycles. The van der Waals surface area contributed by atoms with E-state index in [0.29, 0.717) is 54.7 Å². The maximum absolute atomic E-state index is 13.5. The number of ether oxygens (including phenoxy) is 3. The van der Waals surface area contributed by atoms with Crippen molar-refractivity contribution in [1.82, 2.24) is 9.80 Å². The largest absolute Gasteiger partial charge is 0.507 e. The van der Waals surface area contributed by atoms with E-state index in [0.717, 1.165) is 5.56 Å². The number of carbonyl (C=O) groups is 2. The molecule has 3 rings (SSSR count). The van der Waals surface area contributed by atoms with Crippen molar-refractivity contribution in [3.63, 3.8) is 0 Å². The second-order valence-corrected chi connectivity index (χ2v) is 10.5. The summed E-state index contributed by atoms with van der Waals surface area (Å²) < 4.78 is 17.1. The van der Waals surface area contributed by atoms with E-state index < -0.39 is 17.7 Å². The van der Waals surface area contributed by atoms with Gasteiger partial charge >= 0.3 is 0 Å². The molecule has 2 aromatic carbocycles. The Balaban J connectivity index is 2.28. The minimum absolute atomic E-state index is 0.0183. The van der Waals surface area contributed by atoms with Gasteiger partial charge in [0.15, 0.2) is 11.5 Å². The highest BCUT2D eigenvalue weighted by Crippen LogP contribution is 2.43. The number of rotatable bonds is 10. The summed E-state index contributed by atoms with van der Waals surface area (Å²) in [7, 11) is 5.31. The highest BCUT2D eigenvalue weighted by molar-refractivity contribution is 6.46. The Bertz CT molecular complexity index is 1210. The summed E-state index contributed by atoms with van der Waals surface area (Å²) >= 11 is 0. The van der Waals surface area contributed by atoms with Crippen molar-refractivity contribution in [3.8, 4) is 17.2 Å². The smallest absolute Gasteiger partial charge is 0.295 e. The molecular formula is C30H40N2O6. The summed E-state index contributed by atoms with van der Waals surface area (Å²) in [6.45, 7) is 11.7. The van der Waals surface area contributed by atoms with Gasteiger partial charge in [0.1, 0.15) is 11.5 Å². The first-order chi connectivity index (χ1) is 17.9. The minimum atomic E-state index is -0.812. The molecule has 8 nitrogen and oxygen atoms in total. The average molecular weight is 525 g/mol. The van der Waals surface area contributed by atoms with Crippen LogP contribution in [-0.2, 0) is 15.0 Å². The molecule has 1 fully saturated rings. The van der Waals surface area contributed by atoms with Crippen LogP contribution in [0.25, 0.3) is 5.76 Å². The number of carbonyl (C=O) groups excluding carboxylic acids is 2. The van der Waals surface area contributed by atoms with E-state index in [4.69, 9.17) is 14.2 Å². The number of aliphatic hydroxyl groups excluding tert-OH is 1. The normalized spacial score (nSPS) is 17.3. The Labute approximate surface area is 225 Å². The van der Waals surface area contributed by atoms with Crippen molar-refractivity contribution in [1.29, 1.82) is 0 Å². The van der Waals surface area contributed by atoms with E-state index in [1.54, 1.807) is 18.2 Å². The highest BCUT2D eigenvalue weighted by atomic mass is 16.5. The van der Waals surface area contributed by atoms with E-state index in [1.165, 1.54) is 12.0 Å². The van der Waals surface area contributed by atoms with Gasteiger partial charge in [0.25, 0.3) is 11.7 Å². The summed E-state index contributed by atoms with van der Waals surface area (Å²) in [5, 5.41) is 11.7. The van der Waals surface area contributed by atoms with Crippen LogP contribution in [0.3, 0.4) is 0 Å². The van der Waals surface area contributed by atoms with Gasteiger partial charge in [-0.15, -0.1) is 0 Å². The van der Waals surface area contributed by atoms with Crippen molar-refractivity contribution in [3.05, 3.63) is 58.7 Å². The molecule has 2 aromatic rings. The molecule has 38 heavy (non-hydrogen) atoms. The summed E-state index contributed by atoms with van der Waals surface area (Å²) in [6, 6.07) is 10.1. The lowest BCUT2D eigenvalue weighted by atomic mass is 9.85. The molecule has 0 saturated carbocycles. The Morgan fingerprint density at radius 2 is 1.61 bits per heavy atom. The van der Waals surface area contributed by atoms with Crippen LogP contribution in [0.4, 0.5) is 0 Å². The van der Waals surface area contributed by atoms with Gasteiger partial charge in [0, 0.05) is 13.1 Å². The maximum atomic E-state index is 13.5. The summed E-state index contributed by atoms with van der Waals surface area (Å²) in [6.07, 6.45) is 0. The number of Topliss-reactive ketones (excluding diaryl/α,β-unsaturated/α-hetero) is 1. The summed E-state index contributed by atoms with van der Waals surface area (Å²) in [5.74, 6) is -0.163. The van der Waals surface area contributed by atoms with Crippen LogP contribution in [0.2, 0.25) is 0 Å². The van der Waals surface area contributed by atoms with E-state index >= 15 is 0 Å². The third kappa shape index (κ3) is 5.96. The fraction of sp³-hybridized carbons (Fsp3) is 0.467. The lowest BCUT2D eigenvalue weighted by molar-refractivity contribution is -0.140. The first kappa shape index (κ1) is 29.0. The number of hydrogen-bond donors (Lipinski definition) is 1. The third-order valence-electron chi connectivity index (χ3n) is 6.53. The molecular weight excluding hydrogens is 484 g/mol. The van der Waals surface area contributed by atoms with E-state index in [1.807, 2.05) is 51.0 Å². The zero-order valence-electron chi connectivity index (χ0n) is 23.8. The van der Waals surface area contributed by atoms with Gasteiger partial charge < -0.3 is 29.1 Å². The third-order valence-corrected chi connectivity index (χ3v) is 6.53. The molecule has 0 aromatic heterocycles. The number of aliphatic hydroxyl groups is 1. The molecule has 8 heteroatoms. The quantitative estimate of drug-likeness (QED) is 0.272. The molecule has 0 spiro atoms. The van der Waals surface area contributed by atoms with Gasteiger partial charge in [-0.3, -0.25) is 9.59 Å². The highest BCUT2D eigenvalue weighted by Gasteiger charge is 2.46. The second-order valence-electron chi connectivity index (χ2n) is 10.5. The second kappa shape index (κ2) is 11.9. The van der Waals surface area contributed by atoms with Gasteiger partial charge in [-0.1, -0.05) is 32.9 Å². The Kier molecular flexibility index (Phi) is 9.09. The molecule has 0 radical (unpaired) electrons. The summed E-state index contributed by atoms with van der Waals surface area (Å²) in [5.41, 5.74) is 1.77. The van der Waals surface area contributed by atoms with Crippen LogP contribution in [0.5, 0.6) is 17.2 Å². The van der Waals surface area contributed by atoms with Gasteiger partial charge in [-0.25, -0.2) is 0 Å². The molecule has 1 amide bonds. The monoisotopic (exact) mass is 524 g/mol. The minimum Gasteiger partial charge on any atom is -0.507 e. The fourth-order valence-corrected chi connectivity index (χ4v) is 4.51. The Hall–Kier alpha value is -3.52. The predicted molar refractivity (Wildman–Crippen MR) is 148 cm³/mol.